The highest BCUT2D eigenvalue weighted by atomic mass is 16.5. The standard InChI is InChI=1S/C21H24N2O2/c1-3-13-9-12-10-16-19-14(7-8-23(11-12)20(13)16)18-15(21(24)25-2)5-4-6-17(18)22-19/h4-6,9,12,16,20,22H,3,7-8,10-11H2,1-2H3/t12-,16+,20+/m1/s1. The highest BCUT2D eigenvalue weighted by molar-refractivity contribution is 6.05. The molecule has 2 aromatic rings. The molecule has 1 aromatic carbocycles. The van der Waals surface area contributed by atoms with Gasteiger partial charge >= 0.3 is 5.97 Å². The number of benzene rings is 1. The fourth-order valence-electron chi connectivity index (χ4n) is 5.50. The van der Waals surface area contributed by atoms with Gasteiger partial charge in [0.2, 0.25) is 0 Å². The highest BCUT2D eigenvalue weighted by Gasteiger charge is 2.49. The molecular weight excluding hydrogens is 312 g/mol. The van der Waals surface area contributed by atoms with E-state index < -0.39 is 0 Å². The first-order valence-corrected chi connectivity index (χ1v) is 9.37. The van der Waals surface area contributed by atoms with Gasteiger partial charge in [-0.25, -0.2) is 4.79 Å². The molecule has 1 unspecified atom stereocenters. The van der Waals surface area contributed by atoms with Crippen molar-refractivity contribution in [1.82, 2.24) is 9.88 Å². The maximum atomic E-state index is 12.3. The summed E-state index contributed by atoms with van der Waals surface area (Å²) >= 11 is 0. The first-order valence-electron chi connectivity index (χ1n) is 9.37. The van der Waals surface area contributed by atoms with Gasteiger partial charge in [0.1, 0.15) is 0 Å². The molecule has 25 heavy (non-hydrogen) atoms. The summed E-state index contributed by atoms with van der Waals surface area (Å²) < 4.78 is 5.03. The summed E-state index contributed by atoms with van der Waals surface area (Å²) in [5.41, 5.74) is 4.47. The lowest BCUT2D eigenvalue weighted by atomic mass is 9.65. The number of aromatic nitrogens is 1. The van der Waals surface area contributed by atoms with Crippen LogP contribution in [0.2, 0.25) is 0 Å². The Kier molecular flexibility index (Phi) is 3.46. The van der Waals surface area contributed by atoms with Crippen molar-refractivity contribution >= 4 is 16.9 Å². The molecule has 3 fully saturated rings. The number of aromatic amines is 1. The van der Waals surface area contributed by atoms with Gasteiger partial charge < -0.3 is 9.72 Å². The van der Waals surface area contributed by atoms with Crippen LogP contribution in [0, 0.1) is 18.3 Å². The summed E-state index contributed by atoms with van der Waals surface area (Å²) in [5.74, 6) is 2.55. The van der Waals surface area contributed by atoms with E-state index in [1.807, 2.05) is 12.1 Å². The van der Waals surface area contributed by atoms with Crippen LogP contribution in [0.25, 0.3) is 10.9 Å². The van der Waals surface area contributed by atoms with Crippen molar-refractivity contribution in [1.29, 1.82) is 0 Å². The van der Waals surface area contributed by atoms with E-state index in [1.165, 1.54) is 31.3 Å². The monoisotopic (exact) mass is 336 g/mol. The average molecular weight is 336 g/mol. The van der Waals surface area contributed by atoms with E-state index in [0.717, 1.165) is 30.3 Å². The number of esters is 1. The Morgan fingerprint density at radius 1 is 1.40 bits per heavy atom. The maximum absolute atomic E-state index is 12.3. The molecule has 6 rings (SSSR count). The van der Waals surface area contributed by atoms with Crippen LogP contribution in [0.4, 0.5) is 0 Å². The lowest BCUT2D eigenvalue weighted by Crippen LogP contribution is -2.55. The van der Waals surface area contributed by atoms with Crippen LogP contribution in [0.1, 0.15) is 47.3 Å². The highest BCUT2D eigenvalue weighted by Crippen LogP contribution is 2.51. The number of carbonyl (C=O) groups excluding carboxylic acids is 1. The predicted octanol–water partition coefficient (Wildman–Crippen LogP) is 3.49. The first kappa shape index (κ1) is 15.4. The Labute approximate surface area is 148 Å². The number of ether oxygens (including phenoxy) is 1. The van der Waals surface area contributed by atoms with Gasteiger partial charge in [-0.3, -0.25) is 4.90 Å². The van der Waals surface area contributed by atoms with E-state index in [9.17, 15) is 4.79 Å². The molecule has 130 valence electrons. The molecule has 1 aromatic heterocycles. The zero-order chi connectivity index (χ0) is 17.1. The minimum absolute atomic E-state index is 0.240. The van der Waals surface area contributed by atoms with Crippen LogP contribution >= 0.6 is 0 Å². The van der Waals surface area contributed by atoms with Gasteiger partial charge in [-0.1, -0.05) is 13.0 Å². The minimum Gasteiger partial charge on any atom is -0.465 e. The zero-order valence-electron chi connectivity index (χ0n) is 14.8. The Bertz CT molecular complexity index is 840. The fraction of sp³-hybridized carbons (Fsp3) is 0.476. The molecule has 1 saturated carbocycles. The number of H-pyrrole nitrogens is 1. The molecule has 2 radical (unpaired) electrons. The molecule has 2 saturated heterocycles. The van der Waals surface area contributed by atoms with E-state index >= 15 is 0 Å². The predicted molar refractivity (Wildman–Crippen MR) is 97.4 cm³/mol. The number of hydrogen-bond donors (Lipinski definition) is 1. The number of rotatable bonds is 2. The van der Waals surface area contributed by atoms with Crippen molar-refractivity contribution in [2.45, 2.75) is 38.1 Å². The van der Waals surface area contributed by atoms with Gasteiger partial charge in [0.25, 0.3) is 0 Å². The number of nitrogens with one attached hydrogen (secondary N) is 1. The van der Waals surface area contributed by atoms with Crippen LogP contribution < -0.4 is 0 Å². The number of methoxy groups -OCH3 is 1. The van der Waals surface area contributed by atoms with Crippen molar-refractivity contribution < 1.29 is 9.53 Å². The van der Waals surface area contributed by atoms with E-state index in [2.05, 4.69) is 29.3 Å². The van der Waals surface area contributed by atoms with Crippen LogP contribution in [0.3, 0.4) is 0 Å². The molecule has 4 heteroatoms. The van der Waals surface area contributed by atoms with Crippen molar-refractivity contribution in [3.05, 3.63) is 47.4 Å². The van der Waals surface area contributed by atoms with Gasteiger partial charge in [-0.15, -0.1) is 0 Å². The Balaban J connectivity index is 1.70. The molecule has 1 N–H and O–H groups in total. The van der Waals surface area contributed by atoms with Crippen LogP contribution in [-0.2, 0) is 11.2 Å². The van der Waals surface area contributed by atoms with Crippen molar-refractivity contribution in [3.8, 4) is 0 Å². The quantitative estimate of drug-likeness (QED) is 0.854. The Morgan fingerprint density at radius 2 is 2.28 bits per heavy atom. The van der Waals surface area contributed by atoms with Gasteiger partial charge in [0, 0.05) is 41.6 Å². The number of hydrogen-bond acceptors (Lipinski definition) is 3. The lowest BCUT2D eigenvalue weighted by Gasteiger charge is -2.52. The molecule has 4 nitrogen and oxygen atoms in total. The largest absolute Gasteiger partial charge is 0.465 e. The maximum Gasteiger partial charge on any atom is 0.338 e. The van der Waals surface area contributed by atoms with Gasteiger partial charge in [0.05, 0.1) is 12.7 Å². The zero-order valence-corrected chi connectivity index (χ0v) is 14.8. The van der Waals surface area contributed by atoms with Gasteiger partial charge in [0.15, 0.2) is 0 Å². The second-order valence-corrected chi connectivity index (χ2v) is 7.62. The second kappa shape index (κ2) is 5.60. The third-order valence-corrected chi connectivity index (χ3v) is 6.42. The number of fused-ring (bicyclic) bond motifs is 4. The van der Waals surface area contributed by atoms with Gasteiger partial charge in [-0.05, 0) is 55.2 Å². The normalized spacial score (nSPS) is 31.0. The average Bonchev–Trinajstić information content (AvgIpc) is 2.99. The fourth-order valence-corrected chi connectivity index (χ4v) is 5.50. The smallest absolute Gasteiger partial charge is 0.338 e. The number of piperidine rings is 2. The molecule has 3 aliphatic heterocycles. The van der Waals surface area contributed by atoms with E-state index in [1.54, 1.807) is 5.92 Å². The van der Waals surface area contributed by atoms with E-state index in [4.69, 9.17) is 4.74 Å². The Hall–Kier alpha value is -1.81. The van der Waals surface area contributed by atoms with Crippen molar-refractivity contribution in [2.75, 3.05) is 20.2 Å². The summed E-state index contributed by atoms with van der Waals surface area (Å²) in [4.78, 5) is 18.7. The molecule has 4 atom stereocenters. The number of carbonyl (C=O) groups is 1. The van der Waals surface area contributed by atoms with Crippen molar-refractivity contribution in [3.63, 3.8) is 0 Å². The van der Waals surface area contributed by atoms with Gasteiger partial charge in [-0.2, -0.15) is 0 Å². The first-order chi connectivity index (χ1) is 12.2. The number of nitrogens with zero attached hydrogens (tertiary/aromatic N) is 1. The summed E-state index contributed by atoms with van der Waals surface area (Å²) in [6.07, 6.45) is 5.89. The van der Waals surface area contributed by atoms with Crippen molar-refractivity contribution in [2.24, 2.45) is 5.92 Å². The lowest BCUT2D eigenvalue weighted by molar-refractivity contribution is 0.0603. The summed E-state index contributed by atoms with van der Waals surface area (Å²) in [7, 11) is 1.46. The SMILES string of the molecule is CC[C]1[CH][C@@H]2C[C@H]3c4[nH]c5cccc(C(=O)OC)c5c4CCN(C2)[C@@H]13. The molecule has 4 aliphatic rings. The summed E-state index contributed by atoms with van der Waals surface area (Å²) in [6, 6.07) is 6.46. The molecular formula is C21H24N2O2. The van der Waals surface area contributed by atoms with Crippen LogP contribution in [0.5, 0.6) is 0 Å². The van der Waals surface area contributed by atoms with Crippen LogP contribution in [-0.4, -0.2) is 42.1 Å². The summed E-state index contributed by atoms with van der Waals surface area (Å²) in [6.45, 7) is 4.54. The van der Waals surface area contributed by atoms with E-state index in [0.29, 0.717) is 23.4 Å². The second-order valence-electron chi connectivity index (χ2n) is 7.62. The third-order valence-electron chi connectivity index (χ3n) is 6.42. The molecule has 4 bridgehead atoms. The molecule has 1 aliphatic carbocycles. The minimum atomic E-state index is -0.240. The molecule has 0 spiro atoms. The summed E-state index contributed by atoms with van der Waals surface area (Å²) in [5, 5.41) is 1.08. The van der Waals surface area contributed by atoms with Crippen LogP contribution in [0.15, 0.2) is 18.2 Å². The Morgan fingerprint density at radius 3 is 3.08 bits per heavy atom. The van der Waals surface area contributed by atoms with E-state index in [-0.39, 0.29) is 5.97 Å². The topological polar surface area (TPSA) is 45.3 Å². The third kappa shape index (κ3) is 2.13. The molecule has 4 heterocycles. The molecule has 0 amide bonds.